The lowest BCUT2D eigenvalue weighted by molar-refractivity contribution is 1.33. The Kier molecular flexibility index (Phi) is 2.04. The Hall–Kier alpha value is -1.70. The summed E-state index contributed by atoms with van der Waals surface area (Å²) in [5.41, 5.74) is 2.17. The first-order chi connectivity index (χ1) is 6.42. The fourth-order valence-corrected chi connectivity index (χ4v) is 1.46. The Morgan fingerprint density at radius 3 is 3.00 bits per heavy atom. The Balaban J connectivity index is 2.68. The third-order valence-electron chi connectivity index (χ3n) is 2.06. The number of hydrogen-bond donors (Lipinski definition) is 1. The average Bonchev–Trinajstić information content (AvgIpc) is 2.19. The molecular weight excluding hydrogens is 160 g/mol. The highest BCUT2D eigenvalue weighted by Gasteiger charge is 1.98. The number of nitrogens with one attached hydrogen (secondary N) is 1. The van der Waals surface area contributed by atoms with Crippen LogP contribution in [0.25, 0.3) is 10.9 Å². The summed E-state index contributed by atoms with van der Waals surface area (Å²) in [4.78, 5) is 4.25. The number of hydrogen-bond acceptors (Lipinski definition) is 2. The molecule has 0 atom stereocenters. The zero-order chi connectivity index (χ0) is 9.10. The van der Waals surface area contributed by atoms with Crippen molar-refractivity contribution in [3.63, 3.8) is 0 Å². The molecule has 2 nitrogen and oxygen atoms in total. The molecule has 1 heterocycles. The second-order valence-electron chi connectivity index (χ2n) is 2.90. The molecule has 0 fully saturated rings. The van der Waals surface area contributed by atoms with E-state index in [1.54, 1.807) is 6.20 Å². The van der Waals surface area contributed by atoms with Gasteiger partial charge in [-0.1, -0.05) is 18.2 Å². The maximum Gasteiger partial charge on any atom is 0.0704 e. The number of fused-ring (bicyclic) bond motifs is 1. The van der Waals surface area contributed by atoms with Crippen LogP contribution in [0.4, 0.5) is 0 Å². The predicted molar refractivity (Wildman–Crippen MR) is 54.2 cm³/mol. The van der Waals surface area contributed by atoms with Gasteiger partial charge in [0, 0.05) is 18.0 Å². The Labute approximate surface area is 76.7 Å². The molecule has 0 amide bonds. The molecule has 0 saturated heterocycles. The second-order valence-corrected chi connectivity index (χ2v) is 2.90. The van der Waals surface area contributed by atoms with Gasteiger partial charge in [-0.2, -0.15) is 0 Å². The van der Waals surface area contributed by atoms with E-state index in [1.165, 1.54) is 11.8 Å². The zero-order valence-corrected chi connectivity index (χ0v) is 7.20. The molecule has 0 saturated carbocycles. The van der Waals surface area contributed by atoms with Gasteiger partial charge in [-0.25, -0.2) is 0 Å². The van der Waals surface area contributed by atoms with E-state index in [1.807, 2.05) is 30.3 Å². The fourth-order valence-electron chi connectivity index (χ4n) is 1.46. The van der Waals surface area contributed by atoms with Gasteiger partial charge in [-0.05, 0) is 23.9 Å². The number of aromatic nitrogens is 1. The van der Waals surface area contributed by atoms with Crippen LogP contribution in [0.3, 0.4) is 0 Å². The van der Waals surface area contributed by atoms with Gasteiger partial charge < -0.3 is 5.41 Å². The average molecular weight is 170 g/mol. The molecule has 13 heavy (non-hydrogen) atoms. The second kappa shape index (κ2) is 3.35. The molecule has 0 unspecified atom stereocenters. The van der Waals surface area contributed by atoms with E-state index in [0.717, 1.165) is 10.9 Å². The molecule has 0 aliphatic carbocycles. The van der Waals surface area contributed by atoms with E-state index < -0.39 is 0 Å². The van der Waals surface area contributed by atoms with Crippen molar-refractivity contribution in [1.82, 2.24) is 4.98 Å². The SMILES string of the molecule is N=CCc1cccc2ncccc12. The molecule has 1 aromatic heterocycles. The van der Waals surface area contributed by atoms with Gasteiger partial charge in [0.1, 0.15) is 0 Å². The van der Waals surface area contributed by atoms with Crippen LogP contribution in [-0.2, 0) is 6.42 Å². The highest BCUT2D eigenvalue weighted by Crippen LogP contribution is 2.15. The summed E-state index contributed by atoms with van der Waals surface area (Å²) in [6, 6.07) is 9.98. The molecule has 0 spiro atoms. The lowest BCUT2D eigenvalue weighted by Crippen LogP contribution is -1.88. The van der Waals surface area contributed by atoms with Crippen molar-refractivity contribution >= 4 is 17.1 Å². The number of pyridine rings is 1. The maximum absolute atomic E-state index is 7.07. The van der Waals surface area contributed by atoms with Crippen molar-refractivity contribution in [3.05, 3.63) is 42.1 Å². The Morgan fingerprint density at radius 2 is 2.15 bits per heavy atom. The van der Waals surface area contributed by atoms with E-state index in [0.29, 0.717) is 6.42 Å². The van der Waals surface area contributed by atoms with Gasteiger partial charge in [0.2, 0.25) is 0 Å². The molecule has 64 valence electrons. The van der Waals surface area contributed by atoms with Crippen LogP contribution in [0.5, 0.6) is 0 Å². The predicted octanol–water partition coefficient (Wildman–Crippen LogP) is 2.43. The molecule has 2 aromatic rings. The van der Waals surface area contributed by atoms with Gasteiger partial charge in [0.15, 0.2) is 0 Å². The summed E-state index contributed by atoms with van der Waals surface area (Å²) in [7, 11) is 0. The molecule has 0 radical (unpaired) electrons. The summed E-state index contributed by atoms with van der Waals surface area (Å²) in [6.45, 7) is 0. The third-order valence-corrected chi connectivity index (χ3v) is 2.06. The Bertz CT molecular complexity index is 430. The molecule has 2 heteroatoms. The monoisotopic (exact) mass is 170 g/mol. The maximum atomic E-state index is 7.07. The molecule has 0 bridgehead atoms. The largest absolute Gasteiger partial charge is 0.313 e. The van der Waals surface area contributed by atoms with Crippen LogP contribution in [-0.4, -0.2) is 11.2 Å². The zero-order valence-electron chi connectivity index (χ0n) is 7.20. The van der Waals surface area contributed by atoms with Crippen molar-refractivity contribution in [1.29, 1.82) is 5.41 Å². The fraction of sp³-hybridized carbons (Fsp3) is 0.0909. The lowest BCUT2D eigenvalue weighted by atomic mass is 10.1. The van der Waals surface area contributed by atoms with Gasteiger partial charge in [0.25, 0.3) is 0 Å². The van der Waals surface area contributed by atoms with Crippen molar-refractivity contribution in [2.75, 3.05) is 0 Å². The molecule has 1 N–H and O–H groups in total. The smallest absolute Gasteiger partial charge is 0.0704 e. The van der Waals surface area contributed by atoms with Crippen molar-refractivity contribution < 1.29 is 0 Å². The summed E-state index contributed by atoms with van der Waals surface area (Å²) in [5, 5.41) is 8.22. The van der Waals surface area contributed by atoms with E-state index in [4.69, 9.17) is 5.41 Å². The standard InChI is InChI=1S/C11H10N2/c12-7-6-9-3-1-5-11-10(9)4-2-8-13-11/h1-5,7-8,12H,6H2. The number of nitrogens with zero attached hydrogens (tertiary/aromatic N) is 1. The highest BCUT2D eigenvalue weighted by atomic mass is 14.6. The van der Waals surface area contributed by atoms with Crippen LogP contribution in [0.15, 0.2) is 36.5 Å². The molecular formula is C11H10N2. The van der Waals surface area contributed by atoms with Crippen LogP contribution >= 0.6 is 0 Å². The summed E-state index contributed by atoms with van der Waals surface area (Å²) in [5.74, 6) is 0. The first-order valence-electron chi connectivity index (χ1n) is 4.23. The number of rotatable bonds is 2. The van der Waals surface area contributed by atoms with Crippen LogP contribution in [0, 0.1) is 5.41 Å². The summed E-state index contributed by atoms with van der Waals surface area (Å²) in [6.07, 6.45) is 3.89. The van der Waals surface area contributed by atoms with Gasteiger partial charge in [-0.15, -0.1) is 0 Å². The van der Waals surface area contributed by atoms with Gasteiger partial charge in [0.05, 0.1) is 5.52 Å². The molecule has 0 aliphatic rings. The topological polar surface area (TPSA) is 36.7 Å². The van der Waals surface area contributed by atoms with E-state index >= 15 is 0 Å². The lowest BCUT2D eigenvalue weighted by Gasteiger charge is -2.01. The van der Waals surface area contributed by atoms with Crippen molar-refractivity contribution in [2.45, 2.75) is 6.42 Å². The van der Waals surface area contributed by atoms with Crippen LogP contribution < -0.4 is 0 Å². The van der Waals surface area contributed by atoms with Crippen LogP contribution in [0.2, 0.25) is 0 Å². The Morgan fingerprint density at radius 1 is 1.23 bits per heavy atom. The first-order valence-corrected chi connectivity index (χ1v) is 4.23. The van der Waals surface area contributed by atoms with Gasteiger partial charge >= 0.3 is 0 Å². The van der Waals surface area contributed by atoms with Crippen molar-refractivity contribution in [3.8, 4) is 0 Å². The normalized spacial score (nSPS) is 10.2. The summed E-state index contributed by atoms with van der Waals surface area (Å²) >= 11 is 0. The minimum absolute atomic E-state index is 0.684. The minimum Gasteiger partial charge on any atom is -0.313 e. The minimum atomic E-state index is 0.684. The van der Waals surface area contributed by atoms with Gasteiger partial charge in [-0.3, -0.25) is 4.98 Å². The first kappa shape index (κ1) is 7.92. The number of benzene rings is 1. The molecule has 0 aliphatic heterocycles. The third kappa shape index (κ3) is 1.43. The van der Waals surface area contributed by atoms with Crippen LogP contribution in [0.1, 0.15) is 5.56 Å². The quantitative estimate of drug-likeness (QED) is 0.690. The molecule has 1 aromatic carbocycles. The highest BCUT2D eigenvalue weighted by molar-refractivity contribution is 5.84. The van der Waals surface area contributed by atoms with E-state index in [-0.39, 0.29) is 0 Å². The van der Waals surface area contributed by atoms with E-state index in [9.17, 15) is 0 Å². The van der Waals surface area contributed by atoms with Crippen molar-refractivity contribution in [2.24, 2.45) is 0 Å². The van der Waals surface area contributed by atoms with E-state index in [2.05, 4.69) is 4.98 Å². The summed E-state index contributed by atoms with van der Waals surface area (Å²) < 4.78 is 0. The molecule has 2 rings (SSSR count).